The summed E-state index contributed by atoms with van der Waals surface area (Å²) in [6.07, 6.45) is -1.87. The van der Waals surface area contributed by atoms with Crippen molar-refractivity contribution in [3.8, 4) is 11.8 Å². The summed E-state index contributed by atoms with van der Waals surface area (Å²) in [7, 11) is -4.05. The Hall–Kier alpha value is -3.29. The highest BCUT2D eigenvalue weighted by molar-refractivity contribution is 7.92. The molecule has 1 N–H and O–H groups in total. The lowest BCUT2D eigenvalue weighted by atomic mass is 9.93. The molecule has 6 nitrogen and oxygen atoms in total. The van der Waals surface area contributed by atoms with Crippen LogP contribution in [0, 0.1) is 23.7 Å². The Labute approximate surface area is 214 Å². The second-order valence-electron chi connectivity index (χ2n) is 9.62. The van der Waals surface area contributed by atoms with E-state index in [1.54, 1.807) is 29.1 Å². The van der Waals surface area contributed by atoms with Gasteiger partial charge in [-0.05, 0) is 66.9 Å². The van der Waals surface area contributed by atoms with Gasteiger partial charge in [-0.25, -0.2) is 8.42 Å². The number of alkyl halides is 3. The van der Waals surface area contributed by atoms with Crippen LogP contribution in [0.25, 0.3) is 0 Å². The van der Waals surface area contributed by atoms with Crippen molar-refractivity contribution in [3.63, 3.8) is 0 Å². The average molecular weight is 532 g/mol. The topological polar surface area (TPSA) is 75.4 Å². The van der Waals surface area contributed by atoms with E-state index in [2.05, 4.69) is 11.0 Å². The molecular formula is C27H28F3N3O3S. The maximum atomic E-state index is 14.2. The lowest BCUT2D eigenvalue weighted by molar-refractivity contribution is -0.240. The first-order valence-corrected chi connectivity index (χ1v) is 13.4. The maximum absolute atomic E-state index is 14.2. The van der Waals surface area contributed by atoms with Crippen molar-refractivity contribution >= 4 is 15.7 Å². The Morgan fingerprint density at radius 1 is 1.11 bits per heavy atom. The van der Waals surface area contributed by atoms with Gasteiger partial charge in [-0.3, -0.25) is 8.99 Å². The summed E-state index contributed by atoms with van der Waals surface area (Å²) in [6.45, 7) is 4.66. The molecule has 0 amide bonds. The van der Waals surface area contributed by atoms with Gasteiger partial charge in [0.2, 0.25) is 5.60 Å². The van der Waals surface area contributed by atoms with Crippen LogP contribution >= 0.6 is 0 Å². The van der Waals surface area contributed by atoms with Crippen molar-refractivity contribution in [1.82, 2.24) is 9.78 Å². The van der Waals surface area contributed by atoms with Gasteiger partial charge in [0.15, 0.2) is 0 Å². The molecule has 37 heavy (non-hydrogen) atoms. The van der Waals surface area contributed by atoms with Crippen molar-refractivity contribution in [2.75, 3.05) is 10.8 Å². The van der Waals surface area contributed by atoms with Crippen LogP contribution in [0.2, 0.25) is 0 Å². The highest BCUT2D eigenvalue weighted by Gasteiger charge is 2.54. The average Bonchev–Trinajstić information content (AvgIpc) is 3.57. The molecule has 0 aliphatic heterocycles. The molecule has 10 heteroatoms. The van der Waals surface area contributed by atoms with Crippen molar-refractivity contribution in [3.05, 3.63) is 78.1 Å². The Morgan fingerprint density at radius 3 is 2.43 bits per heavy atom. The molecule has 196 valence electrons. The van der Waals surface area contributed by atoms with Gasteiger partial charge in [0.25, 0.3) is 10.0 Å². The van der Waals surface area contributed by atoms with Crippen LogP contribution in [0.5, 0.6) is 0 Å². The summed E-state index contributed by atoms with van der Waals surface area (Å²) in [5.74, 6) is 4.70. The molecule has 1 aliphatic carbocycles. The van der Waals surface area contributed by atoms with Crippen LogP contribution in [0.15, 0.2) is 71.8 Å². The van der Waals surface area contributed by atoms with Crippen molar-refractivity contribution in [1.29, 1.82) is 0 Å². The zero-order valence-electron chi connectivity index (χ0n) is 20.5. The fraction of sp³-hybridized carbons (Fsp3) is 0.370. The molecule has 1 unspecified atom stereocenters. The van der Waals surface area contributed by atoms with Crippen LogP contribution in [0.3, 0.4) is 0 Å². The van der Waals surface area contributed by atoms with Gasteiger partial charge in [0.05, 0.1) is 10.6 Å². The number of rotatable bonds is 8. The van der Waals surface area contributed by atoms with Crippen LogP contribution in [-0.2, 0) is 22.2 Å². The molecule has 0 spiro atoms. The normalized spacial score (nSPS) is 15.6. The van der Waals surface area contributed by atoms with Crippen LogP contribution < -0.4 is 4.31 Å². The van der Waals surface area contributed by atoms with Crippen LogP contribution in [0.1, 0.15) is 37.9 Å². The van der Waals surface area contributed by atoms with Gasteiger partial charge in [-0.15, -0.1) is 0 Å². The monoisotopic (exact) mass is 531 g/mol. The van der Waals surface area contributed by atoms with Crippen molar-refractivity contribution in [2.24, 2.45) is 11.8 Å². The van der Waals surface area contributed by atoms with E-state index in [4.69, 9.17) is 0 Å². The number of benzene rings is 2. The summed E-state index contributed by atoms with van der Waals surface area (Å²) < 4.78 is 72.2. The number of anilines is 1. The molecule has 0 bridgehead atoms. The van der Waals surface area contributed by atoms with Crippen molar-refractivity contribution in [2.45, 2.75) is 49.9 Å². The first-order valence-electron chi connectivity index (χ1n) is 11.9. The third-order valence-corrected chi connectivity index (χ3v) is 7.79. The Balaban J connectivity index is 1.74. The number of hydrogen-bond donors (Lipinski definition) is 1. The van der Waals surface area contributed by atoms with Gasteiger partial charge in [-0.1, -0.05) is 44.2 Å². The van der Waals surface area contributed by atoms with Gasteiger partial charge >= 0.3 is 6.18 Å². The molecule has 2 aromatic carbocycles. The number of halogens is 3. The zero-order chi connectivity index (χ0) is 26.8. The molecule has 1 saturated carbocycles. The molecule has 1 heterocycles. The lowest BCUT2D eigenvalue weighted by Crippen LogP contribution is -2.41. The van der Waals surface area contributed by atoms with Gasteiger partial charge in [0, 0.05) is 24.8 Å². The highest BCUT2D eigenvalue weighted by Crippen LogP contribution is 2.41. The zero-order valence-corrected chi connectivity index (χ0v) is 21.3. The molecule has 4 rings (SSSR count). The second kappa shape index (κ2) is 10.2. The number of aromatic nitrogens is 2. The number of hydrogen-bond acceptors (Lipinski definition) is 4. The molecule has 3 aromatic rings. The van der Waals surface area contributed by atoms with E-state index in [-0.39, 0.29) is 34.7 Å². The van der Waals surface area contributed by atoms with E-state index in [1.807, 2.05) is 19.8 Å². The van der Waals surface area contributed by atoms with E-state index in [0.717, 1.165) is 29.3 Å². The SMILES string of the molecule is CC(C)Cn1ccc(C#CC(O)(c2cccc(N(CC3CC3)S(=O)(=O)c3ccccc3)c2)C(F)(F)F)n1. The van der Waals surface area contributed by atoms with Gasteiger partial charge < -0.3 is 5.11 Å². The molecule has 1 fully saturated rings. The standard InChI is InChI=1S/C27H28F3N3O3S/c1-20(2)18-32-16-14-23(31-32)13-15-26(34,27(28,29)30)22-7-6-8-24(17-22)33(19-21-11-12-21)37(35,36)25-9-4-3-5-10-25/h3-10,14,16-17,20-21,34H,11-12,18-19H2,1-2H3. The number of nitrogens with zero attached hydrogens (tertiary/aromatic N) is 3. The quantitative estimate of drug-likeness (QED) is 0.418. The van der Waals surface area contributed by atoms with Crippen molar-refractivity contribution < 1.29 is 26.7 Å². The minimum atomic E-state index is -5.15. The minimum absolute atomic E-state index is 0.0268. The summed E-state index contributed by atoms with van der Waals surface area (Å²) in [4.78, 5) is 0.0314. The highest BCUT2D eigenvalue weighted by atomic mass is 32.2. The molecular weight excluding hydrogens is 503 g/mol. The molecule has 1 atom stereocenters. The lowest BCUT2D eigenvalue weighted by Gasteiger charge is -2.29. The fourth-order valence-corrected chi connectivity index (χ4v) is 5.40. The largest absolute Gasteiger partial charge is 0.433 e. The molecule has 1 aliphatic rings. The predicted octanol–water partition coefficient (Wildman–Crippen LogP) is 4.95. The summed E-state index contributed by atoms with van der Waals surface area (Å²) in [5, 5.41) is 15.0. The fourth-order valence-electron chi connectivity index (χ4n) is 3.85. The van der Waals surface area contributed by atoms with Crippen LogP contribution in [-0.4, -0.2) is 36.0 Å². The second-order valence-corrected chi connectivity index (χ2v) is 11.5. The first kappa shape index (κ1) is 26.8. The van der Waals surface area contributed by atoms with E-state index in [1.165, 1.54) is 30.3 Å². The first-order chi connectivity index (χ1) is 17.4. The molecule has 0 saturated heterocycles. The van der Waals surface area contributed by atoms with E-state index < -0.39 is 27.4 Å². The van der Waals surface area contributed by atoms with Gasteiger partial charge in [0.1, 0.15) is 5.69 Å². The Kier molecular flexibility index (Phi) is 7.40. The third-order valence-electron chi connectivity index (χ3n) is 5.98. The molecule has 1 aromatic heterocycles. The maximum Gasteiger partial charge on any atom is 0.433 e. The minimum Gasteiger partial charge on any atom is -0.366 e. The number of aliphatic hydroxyl groups is 1. The van der Waals surface area contributed by atoms with Crippen LogP contribution in [0.4, 0.5) is 18.9 Å². The summed E-state index contributed by atoms with van der Waals surface area (Å²) in [6, 6.07) is 14.0. The summed E-state index contributed by atoms with van der Waals surface area (Å²) >= 11 is 0. The summed E-state index contributed by atoms with van der Waals surface area (Å²) in [5.41, 5.74) is -4.00. The predicted molar refractivity (Wildman–Crippen MR) is 134 cm³/mol. The smallest absolute Gasteiger partial charge is 0.366 e. The van der Waals surface area contributed by atoms with Gasteiger partial charge in [-0.2, -0.15) is 18.3 Å². The van der Waals surface area contributed by atoms with E-state index in [9.17, 15) is 26.7 Å². The third kappa shape index (κ3) is 6.00. The Morgan fingerprint density at radius 2 is 1.81 bits per heavy atom. The Bertz CT molecular complexity index is 1400. The van der Waals surface area contributed by atoms with E-state index in [0.29, 0.717) is 6.54 Å². The molecule has 0 radical (unpaired) electrons. The van der Waals surface area contributed by atoms with E-state index >= 15 is 0 Å². The number of sulfonamides is 1.